The van der Waals surface area contributed by atoms with Crippen molar-refractivity contribution in [3.63, 3.8) is 0 Å². The smallest absolute Gasteiger partial charge is 0.253 e. The molecule has 0 aliphatic rings. The minimum Gasteiger partial charge on any atom is -0.376 e. The van der Waals surface area contributed by atoms with Crippen molar-refractivity contribution in [2.24, 2.45) is 0 Å². The highest BCUT2D eigenvalue weighted by molar-refractivity contribution is 7.89. The van der Waals surface area contributed by atoms with Crippen LogP contribution in [0.5, 0.6) is 0 Å². The molecule has 0 atom stereocenters. The number of carbonyl (C=O) groups is 2. The Morgan fingerprint density at radius 2 is 1.40 bits per heavy atom. The third-order valence-electron chi connectivity index (χ3n) is 4.47. The fourth-order valence-electron chi connectivity index (χ4n) is 2.80. The first-order valence-corrected chi connectivity index (χ1v) is 11.1. The lowest BCUT2D eigenvalue weighted by molar-refractivity contribution is -0.114. The average Bonchev–Trinajstić information content (AvgIpc) is 2.73. The molecule has 30 heavy (non-hydrogen) atoms. The molecule has 2 aromatic carbocycles. The normalized spacial score (nSPS) is 11.2. The summed E-state index contributed by atoms with van der Waals surface area (Å²) in [4.78, 5) is 25.7. The zero-order valence-corrected chi connectivity index (χ0v) is 18.5. The molecule has 8 nitrogen and oxygen atoms in total. The number of nitrogens with zero attached hydrogens (tertiary/aromatic N) is 2. The highest BCUT2D eigenvalue weighted by Crippen LogP contribution is 2.18. The van der Waals surface area contributed by atoms with Gasteiger partial charge in [-0.15, -0.1) is 0 Å². The standard InChI is InChI=1S/C21H28N4O4S/c1-5-25(6-2)30(28,29)19-13-11-18(12-14-19)23-20(26)15-22-17-9-7-16(8-10-17)21(27)24(3)4/h7-14,22H,5-6,15H2,1-4H3,(H,23,26). The molecule has 0 spiro atoms. The number of nitrogens with one attached hydrogen (secondary N) is 2. The Labute approximate surface area is 177 Å². The molecule has 0 saturated heterocycles. The van der Waals surface area contributed by atoms with E-state index in [1.807, 2.05) is 0 Å². The first-order valence-electron chi connectivity index (χ1n) is 9.64. The topological polar surface area (TPSA) is 98.8 Å². The van der Waals surface area contributed by atoms with Crippen LogP contribution in [0, 0.1) is 0 Å². The number of benzene rings is 2. The largest absolute Gasteiger partial charge is 0.376 e. The van der Waals surface area contributed by atoms with Gasteiger partial charge in [-0.25, -0.2) is 8.42 Å². The van der Waals surface area contributed by atoms with Crippen LogP contribution in [0.2, 0.25) is 0 Å². The second-order valence-electron chi connectivity index (χ2n) is 6.79. The van der Waals surface area contributed by atoms with Gasteiger partial charge in [-0.3, -0.25) is 9.59 Å². The molecule has 2 rings (SSSR count). The summed E-state index contributed by atoms with van der Waals surface area (Å²) in [6, 6.07) is 12.9. The molecule has 0 unspecified atom stereocenters. The molecule has 0 aliphatic heterocycles. The van der Waals surface area contributed by atoms with Crippen LogP contribution in [0.3, 0.4) is 0 Å². The summed E-state index contributed by atoms with van der Waals surface area (Å²) in [5, 5.41) is 5.71. The van der Waals surface area contributed by atoms with Gasteiger partial charge >= 0.3 is 0 Å². The van der Waals surface area contributed by atoms with E-state index in [-0.39, 0.29) is 23.3 Å². The molecule has 2 N–H and O–H groups in total. The zero-order valence-electron chi connectivity index (χ0n) is 17.7. The van der Waals surface area contributed by atoms with Gasteiger partial charge in [-0.1, -0.05) is 13.8 Å². The Hall–Kier alpha value is -2.91. The van der Waals surface area contributed by atoms with Gasteiger partial charge in [0.1, 0.15) is 0 Å². The summed E-state index contributed by atoms with van der Waals surface area (Å²) in [7, 11) is -0.157. The van der Waals surface area contributed by atoms with Crippen molar-refractivity contribution < 1.29 is 18.0 Å². The molecule has 162 valence electrons. The van der Waals surface area contributed by atoms with Crippen LogP contribution in [-0.2, 0) is 14.8 Å². The maximum atomic E-state index is 12.5. The van der Waals surface area contributed by atoms with E-state index in [1.54, 1.807) is 64.3 Å². The maximum Gasteiger partial charge on any atom is 0.253 e. The molecular formula is C21H28N4O4S. The quantitative estimate of drug-likeness (QED) is 0.634. The number of sulfonamides is 1. The molecule has 2 aromatic rings. The van der Waals surface area contributed by atoms with Crippen LogP contribution in [0.25, 0.3) is 0 Å². The van der Waals surface area contributed by atoms with E-state index in [1.165, 1.54) is 21.3 Å². The number of carbonyl (C=O) groups excluding carboxylic acids is 2. The van der Waals surface area contributed by atoms with Crippen molar-refractivity contribution in [2.75, 3.05) is 44.4 Å². The minimum atomic E-state index is -3.53. The van der Waals surface area contributed by atoms with E-state index in [2.05, 4.69) is 10.6 Å². The molecule has 0 saturated carbocycles. The van der Waals surface area contributed by atoms with E-state index >= 15 is 0 Å². The second-order valence-corrected chi connectivity index (χ2v) is 8.73. The van der Waals surface area contributed by atoms with Gasteiger partial charge < -0.3 is 15.5 Å². The van der Waals surface area contributed by atoms with Gasteiger partial charge in [0.2, 0.25) is 15.9 Å². The summed E-state index contributed by atoms with van der Waals surface area (Å²) >= 11 is 0. The predicted molar refractivity (Wildman–Crippen MR) is 118 cm³/mol. The first-order chi connectivity index (χ1) is 14.2. The van der Waals surface area contributed by atoms with Crippen molar-refractivity contribution in [3.05, 3.63) is 54.1 Å². The van der Waals surface area contributed by atoms with Crippen LogP contribution in [0.4, 0.5) is 11.4 Å². The monoisotopic (exact) mass is 432 g/mol. The summed E-state index contributed by atoms with van der Waals surface area (Å²) < 4.78 is 26.4. The molecule has 0 fully saturated rings. The Morgan fingerprint density at radius 1 is 0.867 bits per heavy atom. The minimum absolute atomic E-state index is 0.0282. The second kappa shape index (κ2) is 10.2. The molecule has 9 heteroatoms. The molecular weight excluding hydrogens is 404 g/mol. The van der Waals surface area contributed by atoms with Crippen LogP contribution < -0.4 is 10.6 Å². The Balaban J connectivity index is 1.93. The van der Waals surface area contributed by atoms with E-state index in [9.17, 15) is 18.0 Å². The number of rotatable bonds is 9. The van der Waals surface area contributed by atoms with Gasteiger partial charge in [-0.05, 0) is 48.5 Å². The van der Waals surface area contributed by atoms with Crippen molar-refractivity contribution in [1.82, 2.24) is 9.21 Å². The van der Waals surface area contributed by atoms with Gasteiger partial charge in [-0.2, -0.15) is 4.31 Å². The Morgan fingerprint density at radius 3 is 1.90 bits per heavy atom. The van der Waals surface area contributed by atoms with E-state index < -0.39 is 10.0 Å². The lowest BCUT2D eigenvalue weighted by Gasteiger charge is -2.18. The SMILES string of the molecule is CCN(CC)S(=O)(=O)c1ccc(NC(=O)CNc2ccc(C(=O)N(C)C)cc2)cc1. The van der Waals surface area contributed by atoms with E-state index in [4.69, 9.17) is 0 Å². The van der Waals surface area contributed by atoms with Crippen molar-refractivity contribution in [1.29, 1.82) is 0 Å². The molecule has 0 bridgehead atoms. The van der Waals surface area contributed by atoms with Crippen LogP contribution >= 0.6 is 0 Å². The summed E-state index contributed by atoms with van der Waals surface area (Å²) in [5.74, 6) is -0.367. The predicted octanol–water partition coefficient (Wildman–Crippen LogP) is 2.47. The Bertz CT molecular complexity index is 967. The van der Waals surface area contributed by atoms with Crippen LogP contribution in [-0.4, -0.2) is 63.2 Å². The van der Waals surface area contributed by atoms with E-state index in [0.717, 1.165) is 0 Å². The summed E-state index contributed by atoms with van der Waals surface area (Å²) in [5.41, 5.74) is 1.78. The number of anilines is 2. The summed E-state index contributed by atoms with van der Waals surface area (Å²) in [6.45, 7) is 4.40. The number of hydrogen-bond acceptors (Lipinski definition) is 5. The fourth-order valence-corrected chi connectivity index (χ4v) is 4.26. The third kappa shape index (κ3) is 5.80. The van der Waals surface area contributed by atoms with Crippen molar-refractivity contribution >= 4 is 33.2 Å². The fraction of sp³-hybridized carbons (Fsp3) is 0.333. The van der Waals surface area contributed by atoms with Gasteiger partial charge in [0.25, 0.3) is 5.91 Å². The molecule has 0 aromatic heterocycles. The third-order valence-corrected chi connectivity index (χ3v) is 6.54. The average molecular weight is 433 g/mol. The highest BCUT2D eigenvalue weighted by Gasteiger charge is 2.21. The highest BCUT2D eigenvalue weighted by atomic mass is 32.2. The summed E-state index contributed by atoms with van der Waals surface area (Å²) in [6.07, 6.45) is 0. The zero-order chi connectivity index (χ0) is 22.3. The van der Waals surface area contributed by atoms with Gasteiger partial charge in [0.15, 0.2) is 0 Å². The lowest BCUT2D eigenvalue weighted by Crippen LogP contribution is -2.30. The number of amides is 2. The van der Waals surface area contributed by atoms with E-state index in [0.29, 0.717) is 30.0 Å². The van der Waals surface area contributed by atoms with Crippen LogP contribution in [0.15, 0.2) is 53.4 Å². The van der Waals surface area contributed by atoms with Gasteiger partial charge in [0.05, 0.1) is 11.4 Å². The molecule has 0 heterocycles. The van der Waals surface area contributed by atoms with Gasteiger partial charge in [0, 0.05) is 44.1 Å². The van der Waals surface area contributed by atoms with Crippen LogP contribution in [0.1, 0.15) is 24.2 Å². The van der Waals surface area contributed by atoms with Crippen molar-refractivity contribution in [2.45, 2.75) is 18.7 Å². The van der Waals surface area contributed by atoms with Crippen molar-refractivity contribution in [3.8, 4) is 0 Å². The first kappa shape index (κ1) is 23.4. The maximum absolute atomic E-state index is 12.5. The Kier molecular flexibility index (Phi) is 7.96. The number of hydrogen-bond donors (Lipinski definition) is 2. The molecule has 0 radical (unpaired) electrons. The molecule has 2 amide bonds. The molecule has 0 aliphatic carbocycles. The lowest BCUT2D eigenvalue weighted by atomic mass is 10.2.